The highest BCUT2D eigenvalue weighted by molar-refractivity contribution is 5.93. The molecule has 7 heteroatoms. The summed E-state index contributed by atoms with van der Waals surface area (Å²) < 4.78 is 5.55. The van der Waals surface area contributed by atoms with Gasteiger partial charge in [-0.15, -0.1) is 0 Å². The summed E-state index contributed by atoms with van der Waals surface area (Å²) in [7, 11) is 0. The van der Waals surface area contributed by atoms with Crippen molar-refractivity contribution in [3.8, 4) is 0 Å². The summed E-state index contributed by atoms with van der Waals surface area (Å²) in [6, 6.07) is 3.56. The summed E-state index contributed by atoms with van der Waals surface area (Å²) in [6.45, 7) is 4.31. The van der Waals surface area contributed by atoms with E-state index in [1.54, 1.807) is 24.5 Å². The number of hydrogen-bond acceptors (Lipinski definition) is 4. The largest absolute Gasteiger partial charge is 0.376 e. The van der Waals surface area contributed by atoms with Crippen molar-refractivity contribution in [1.82, 2.24) is 15.6 Å². The van der Waals surface area contributed by atoms with E-state index in [4.69, 9.17) is 4.74 Å². The molecule has 1 aliphatic heterocycles. The quantitative estimate of drug-likeness (QED) is 0.533. The van der Waals surface area contributed by atoms with Gasteiger partial charge >= 0.3 is 0 Å². The summed E-state index contributed by atoms with van der Waals surface area (Å²) in [5, 5.41) is 9.07. The van der Waals surface area contributed by atoms with Crippen molar-refractivity contribution in [2.45, 2.75) is 25.9 Å². The molecule has 0 bridgehead atoms. The number of aromatic nitrogens is 1. The van der Waals surface area contributed by atoms with Gasteiger partial charge in [0.05, 0.1) is 18.0 Å². The number of carbonyl (C=O) groups is 1. The molecule has 1 unspecified atom stereocenters. The molecule has 1 amide bonds. The van der Waals surface area contributed by atoms with Crippen LogP contribution in [0, 0.1) is 0 Å². The molecule has 0 spiro atoms. The molecule has 0 aromatic carbocycles. The van der Waals surface area contributed by atoms with Crippen LogP contribution in [0.2, 0.25) is 0 Å². The fourth-order valence-corrected chi connectivity index (χ4v) is 2.15. The Balaban J connectivity index is 1.79. The molecule has 7 nitrogen and oxygen atoms in total. The summed E-state index contributed by atoms with van der Waals surface area (Å²) in [6.07, 6.45) is 5.66. The Morgan fingerprint density at radius 2 is 2.41 bits per heavy atom. The lowest BCUT2D eigenvalue weighted by Crippen LogP contribution is -2.41. The number of anilines is 1. The van der Waals surface area contributed by atoms with E-state index in [9.17, 15) is 4.79 Å². The second-order valence-corrected chi connectivity index (χ2v) is 5.00. The maximum absolute atomic E-state index is 11.9. The standard InChI is InChI=1S/C15H23N5O2/c1-2-17-15(18-10-13-6-4-8-22-13)19-11-14(21)20-12-5-3-7-16-9-12/h3,5,7,9,13H,2,4,6,8,10-11H2,1H3,(H,20,21)(H2,17,18,19). The first-order chi connectivity index (χ1) is 10.8. The SMILES string of the molecule is CCNC(=NCC(=O)Nc1cccnc1)NCC1CCCO1. The van der Waals surface area contributed by atoms with Crippen molar-refractivity contribution >= 4 is 17.6 Å². The van der Waals surface area contributed by atoms with Gasteiger partial charge in [-0.05, 0) is 31.9 Å². The summed E-state index contributed by atoms with van der Waals surface area (Å²) in [5.41, 5.74) is 0.667. The molecular weight excluding hydrogens is 282 g/mol. The number of nitrogens with one attached hydrogen (secondary N) is 3. The van der Waals surface area contributed by atoms with Crippen molar-refractivity contribution in [2.75, 3.05) is 31.6 Å². The molecule has 3 N–H and O–H groups in total. The molecule has 2 heterocycles. The van der Waals surface area contributed by atoms with Gasteiger partial charge in [-0.1, -0.05) is 0 Å². The topological polar surface area (TPSA) is 87.6 Å². The van der Waals surface area contributed by atoms with Gasteiger partial charge in [-0.2, -0.15) is 0 Å². The van der Waals surface area contributed by atoms with Crippen LogP contribution in [0.5, 0.6) is 0 Å². The van der Waals surface area contributed by atoms with Crippen LogP contribution < -0.4 is 16.0 Å². The number of ether oxygens (including phenoxy) is 1. The van der Waals surface area contributed by atoms with Gasteiger partial charge in [-0.3, -0.25) is 9.78 Å². The average Bonchev–Trinajstić information content (AvgIpc) is 3.04. The van der Waals surface area contributed by atoms with Crippen molar-refractivity contribution in [1.29, 1.82) is 0 Å². The van der Waals surface area contributed by atoms with Gasteiger partial charge < -0.3 is 20.7 Å². The van der Waals surface area contributed by atoms with E-state index < -0.39 is 0 Å². The van der Waals surface area contributed by atoms with Crippen LogP contribution in [0.3, 0.4) is 0 Å². The van der Waals surface area contributed by atoms with Crippen molar-refractivity contribution in [3.05, 3.63) is 24.5 Å². The van der Waals surface area contributed by atoms with E-state index in [0.717, 1.165) is 26.0 Å². The Kier molecular flexibility index (Phi) is 6.63. The highest BCUT2D eigenvalue weighted by Crippen LogP contribution is 2.10. The third-order valence-electron chi connectivity index (χ3n) is 3.19. The number of rotatable bonds is 6. The molecule has 1 aromatic heterocycles. The Morgan fingerprint density at radius 1 is 1.50 bits per heavy atom. The van der Waals surface area contributed by atoms with E-state index in [0.29, 0.717) is 18.2 Å². The molecule has 0 aliphatic carbocycles. The molecule has 1 aromatic rings. The Hall–Kier alpha value is -2.15. The third kappa shape index (κ3) is 5.69. The van der Waals surface area contributed by atoms with Crippen LogP contribution in [-0.2, 0) is 9.53 Å². The predicted octanol–water partition coefficient (Wildman–Crippen LogP) is 0.754. The normalized spacial score (nSPS) is 18.0. The Labute approximate surface area is 130 Å². The molecular formula is C15H23N5O2. The first-order valence-corrected chi connectivity index (χ1v) is 7.61. The van der Waals surface area contributed by atoms with Crippen LogP contribution in [-0.4, -0.2) is 49.2 Å². The zero-order chi connectivity index (χ0) is 15.6. The van der Waals surface area contributed by atoms with Crippen LogP contribution in [0.25, 0.3) is 0 Å². The van der Waals surface area contributed by atoms with Gasteiger partial charge in [0.1, 0.15) is 6.54 Å². The lowest BCUT2D eigenvalue weighted by atomic mass is 10.2. The van der Waals surface area contributed by atoms with E-state index >= 15 is 0 Å². The summed E-state index contributed by atoms with van der Waals surface area (Å²) in [5.74, 6) is 0.446. The van der Waals surface area contributed by atoms with E-state index in [-0.39, 0.29) is 18.6 Å². The molecule has 1 saturated heterocycles. The van der Waals surface area contributed by atoms with Crippen LogP contribution in [0.15, 0.2) is 29.5 Å². The van der Waals surface area contributed by atoms with E-state index in [1.165, 1.54) is 0 Å². The fraction of sp³-hybridized carbons (Fsp3) is 0.533. The minimum atomic E-state index is -0.178. The molecule has 1 fully saturated rings. The summed E-state index contributed by atoms with van der Waals surface area (Å²) in [4.78, 5) is 20.1. The van der Waals surface area contributed by atoms with Gasteiger partial charge in [0.15, 0.2) is 5.96 Å². The maximum Gasteiger partial charge on any atom is 0.246 e. The lowest BCUT2D eigenvalue weighted by Gasteiger charge is -2.14. The molecule has 22 heavy (non-hydrogen) atoms. The molecule has 1 atom stereocenters. The second-order valence-electron chi connectivity index (χ2n) is 5.00. The van der Waals surface area contributed by atoms with Crippen molar-refractivity contribution in [2.24, 2.45) is 4.99 Å². The van der Waals surface area contributed by atoms with Crippen LogP contribution in [0.1, 0.15) is 19.8 Å². The molecule has 120 valence electrons. The number of aliphatic imine (C=N–C) groups is 1. The van der Waals surface area contributed by atoms with Gasteiger partial charge in [0.2, 0.25) is 5.91 Å². The summed E-state index contributed by atoms with van der Waals surface area (Å²) >= 11 is 0. The lowest BCUT2D eigenvalue weighted by molar-refractivity contribution is -0.114. The molecule has 2 rings (SSSR count). The Bertz CT molecular complexity index is 486. The van der Waals surface area contributed by atoms with Gasteiger partial charge in [0.25, 0.3) is 0 Å². The smallest absolute Gasteiger partial charge is 0.246 e. The first kappa shape index (κ1) is 16.2. The fourth-order valence-electron chi connectivity index (χ4n) is 2.15. The number of nitrogens with zero attached hydrogens (tertiary/aromatic N) is 2. The second kappa shape index (κ2) is 8.99. The molecule has 1 aliphatic rings. The number of pyridine rings is 1. The predicted molar refractivity (Wildman–Crippen MR) is 85.8 cm³/mol. The number of amides is 1. The first-order valence-electron chi connectivity index (χ1n) is 7.61. The minimum absolute atomic E-state index is 0.0513. The van der Waals surface area contributed by atoms with E-state index in [1.807, 2.05) is 6.92 Å². The van der Waals surface area contributed by atoms with E-state index in [2.05, 4.69) is 25.9 Å². The Morgan fingerprint density at radius 3 is 3.09 bits per heavy atom. The third-order valence-corrected chi connectivity index (χ3v) is 3.19. The highest BCUT2D eigenvalue weighted by Gasteiger charge is 2.15. The van der Waals surface area contributed by atoms with Crippen LogP contribution in [0.4, 0.5) is 5.69 Å². The maximum atomic E-state index is 11.9. The molecule has 0 saturated carbocycles. The number of hydrogen-bond donors (Lipinski definition) is 3. The van der Waals surface area contributed by atoms with Crippen LogP contribution >= 0.6 is 0 Å². The number of guanidine groups is 1. The van der Waals surface area contributed by atoms with Crippen molar-refractivity contribution < 1.29 is 9.53 Å². The van der Waals surface area contributed by atoms with Gasteiger partial charge in [-0.25, -0.2) is 4.99 Å². The van der Waals surface area contributed by atoms with Crippen molar-refractivity contribution in [3.63, 3.8) is 0 Å². The zero-order valence-corrected chi connectivity index (χ0v) is 12.8. The number of carbonyl (C=O) groups excluding carboxylic acids is 1. The zero-order valence-electron chi connectivity index (χ0n) is 12.8. The highest BCUT2D eigenvalue weighted by atomic mass is 16.5. The minimum Gasteiger partial charge on any atom is -0.376 e. The van der Waals surface area contributed by atoms with Gasteiger partial charge in [0, 0.05) is 25.9 Å². The molecule has 0 radical (unpaired) electrons. The monoisotopic (exact) mass is 305 g/mol. The average molecular weight is 305 g/mol.